The number of imidazole rings is 1. The maximum absolute atomic E-state index is 5.90. The molecule has 4 aromatic rings. The molecule has 130 valence electrons. The van der Waals surface area contributed by atoms with Crippen molar-refractivity contribution in [2.75, 3.05) is 0 Å². The second kappa shape index (κ2) is 7.54. The molecule has 6 heteroatoms. The molecular weight excluding hydrogens is 346 g/mol. The summed E-state index contributed by atoms with van der Waals surface area (Å²) in [5.41, 5.74) is 4.41. The van der Waals surface area contributed by atoms with Crippen molar-refractivity contribution in [2.45, 2.75) is 19.5 Å². The molecule has 0 unspecified atom stereocenters. The van der Waals surface area contributed by atoms with E-state index in [9.17, 15) is 0 Å². The minimum absolute atomic E-state index is 0.503. The van der Waals surface area contributed by atoms with Gasteiger partial charge in [0.2, 0.25) is 0 Å². The summed E-state index contributed by atoms with van der Waals surface area (Å²) in [4.78, 5) is 8.86. The Balaban J connectivity index is 1.66. The Morgan fingerprint density at radius 2 is 1.85 bits per heavy atom. The number of rotatable bonds is 6. The van der Waals surface area contributed by atoms with Crippen LogP contribution in [-0.4, -0.2) is 24.3 Å². The molecule has 0 saturated heterocycles. The number of nitrogens with zero attached hydrogens (tertiary/aromatic N) is 5. The van der Waals surface area contributed by atoms with Gasteiger partial charge < -0.3 is 4.57 Å². The zero-order valence-electron chi connectivity index (χ0n) is 14.2. The second-order valence-electron chi connectivity index (χ2n) is 6.04. The first-order chi connectivity index (χ1) is 12.8. The van der Waals surface area contributed by atoms with E-state index in [2.05, 4.69) is 31.8 Å². The maximum Gasteiger partial charge on any atom is 0.129 e. The average Bonchev–Trinajstić information content (AvgIpc) is 3.32. The fourth-order valence-corrected chi connectivity index (χ4v) is 3.10. The summed E-state index contributed by atoms with van der Waals surface area (Å²) in [5, 5.41) is 4.81. The van der Waals surface area contributed by atoms with Crippen LogP contribution in [0.5, 0.6) is 0 Å². The lowest BCUT2D eigenvalue weighted by atomic mass is 10.1. The van der Waals surface area contributed by atoms with Crippen molar-refractivity contribution < 1.29 is 0 Å². The molecule has 0 radical (unpaired) electrons. The smallest absolute Gasteiger partial charge is 0.129 e. The first-order valence-corrected chi connectivity index (χ1v) is 8.85. The summed E-state index contributed by atoms with van der Waals surface area (Å²) >= 11 is 5.90. The van der Waals surface area contributed by atoms with Crippen LogP contribution < -0.4 is 0 Å². The van der Waals surface area contributed by atoms with Gasteiger partial charge in [-0.15, -0.1) is 0 Å². The lowest BCUT2D eigenvalue weighted by molar-refractivity contribution is 0.592. The normalized spacial score (nSPS) is 11.0. The van der Waals surface area contributed by atoms with Crippen molar-refractivity contribution in [3.8, 4) is 11.3 Å². The second-order valence-corrected chi connectivity index (χ2v) is 6.43. The highest BCUT2D eigenvalue weighted by atomic mass is 35.5. The summed E-state index contributed by atoms with van der Waals surface area (Å²) in [6.45, 7) is 1.51. The lowest BCUT2D eigenvalue weighted by Crippen LogP contribution is -2.09. The summed E-state index contributed by atoms with van der Waals surface area (Å²) in [5.74, 6) is 0. The SMILES string of the molecule is Clc1ccc(Cn2cnc(-c3ccccc3)c2CCn2cccn2)cn1. The zero-order chi connectivity index (χ0) is 17.8. The molecule has 0 amide bonds. The van der Waals surface area contributed by atoms with Crippen molar-refractivity contribution in [2.24, 2.45) is 0 Å². The zero-order valence-corrected chi connectivity index (χ0v) is 14.9. The van der Waals surface area contributed by atoms with Crippen molar-refractivity contribution in [3.05, 3.63) is 89.9 Å². The predicted octanol–water partition coefficient (Wildman–Crippen LogP) is 4.09. The standard InChI is InChI=1S/C20H18ClN5/c21-19-8-7-16(13-22-19)14-25-15-23-20(17-5-2-1-3-6-17)18(25)9-12-26-11-4-10-24-26/h1-8,10-11,13,15H,9,12,14H2. The summed E-state index contributed by atoms with van der Waals surface area (Å²) < 4.78 is 4.12. The number of hydrogen-bond acceptors (Lipinski definition) is 3. The predicted molar refractivity (Wildman–Crippen MR) is 102 cm³/mol. The maximum atomic E-state index is 5.90. The highest BCUT2D eigenvalue weighted by Gasteiger charge is 2.13. The van der Waals surface area contributed by atoms with E-state index < -0.39 is 0 Å². The Morgan fingerprint density at radius 1 is 0.962 bits per heavy atom. The molecule has 1 aromatic carbocycles. The first-order valence-electron chi connectivity index (χ1n) is 8.47. The highest BCUT2D eigenvalue weighted by Crippen LogP contribution is 2.23. The minimum atomic E-state index is 0.503. The van der Waals surface area contributed by atoms with Crippen LogP contribution in [0.1, 0.15) is 11.3 Å². The number of hydrogen-bond donors (Lipinski definition) is 0. The van der Waals surface area contributed by atoms with Crippen LogP contribution in [0.3, 0.4) is 0 Å². The summed E-state index contributed by atoms with van der Waals surface area (Å²) in [6.07, 6.45) is 8.32. The number of aromatic nitrogens is 5. The molecule has 0 atom stereocenters. The molecule has 0 N–H and O–H groups in total. The van der Waals surface area contributed by atoms with Gasteiger partial charge in [-0.3, -0.25) is 4.68 Å². The Kier molecular flexibility index (Phi) is 4.80. The Bertz CT molecular complexity index is 959. The van der Waals surface area contributed by atoms with Gasteiger partial charge in [-0.1, -0.05) is 48.0 Å². The van der Waals surface area contributed by atoms with Gasteiger partial charge in [0.25, 0.3) is 0 Å². The first kappa shape index (κ1) is 16.5. The minimum Gasteiger partial charge on any atom is -0.329 e. The topological polar surface area (TPSA) is 48.5 Å². The average molecular weight is 364 g/mol. The van der Waals surface area contributed by atoms with E-state index in [1.807, 2.05) is 59.8 Å². The molecule has 3 heterocycles. The Morgan fingerprint density at radius 3 is 2.58 bits per heavy atom. The molecule has 26 heavy (non-hydrogen) atoms. The third-order valence-corrected chi connectivity index (χ3v) is 4.50. The molecule has 0 bridgehead atoms. The van der Waals surface area contributed by atoms with Crippen LogP contribution in [0.25, 0.3) is 11.3 Å². The van der Waals surface area contributed by atoms with Crippen molar-refractivity contribution >= 4 is 11.6 Å². The van der Waals surface area contributed by atoms with Crippen LogP contribution in [0.2, 0.25) is 5.15 Å². The fourth-order valence-electron chi connectivity index (χ4n) is 2.99. The van der Waals surface area contributed by atoms with Gasteiger partial charge in [-0.2, -0.15) is 5.10 Å². The van der Waals surface area contributed by atoms with Gasteiger partial charge in [0.1, 0.15) is 5.15 Å². The largest absolute Gasteiger partial charge is 0.329 e. The van der Waals surface area contributed by atoms with E-state index in [0.29, 0.717) is 11.7 Å². The molecule has 0 spiro atoms. The molecule has 0 saturated carbocycles. The fraction of sp³-hybridized carbons (Fsp3) is 0.150. The van der Waals surface area contributed by atoms with Crippen LogP contribution >= 0.6 is 11.6 Å². The number of benzene rings is 1. The Labute approximate surface area is 156 Å². The van der Waals surface area contributed by atoms with Gasteiger partial charge >= 0.3 is 0 Å². The molecule has 5 nitrogen and oxygen atoms in total. The summed E-state index contributed by atoms with van der Waals surface area (Å²) in [6, 6.07) is 16.0. The summed E-state index contributed by atoms with van der Waals surface area (Å²) in [7, 11) is 0. The number of halogens is 1. The van der Waals surface area contributed by atoms with Gasteiger partial charge in [0.05, 0.1) is 18.6 Å². The highest BCUT2D eigenvalue weighted by molar-refractivity contribution is 6.29. The lowest BCUT2D eigenvalue weighted by Gasteiger charge is -2.11. The van der Waals surface area contributed by atoms with E-state index >= 15 is 0 Å². The van der Waals surface area contributed by atoms with Gasteiger partial charge in [0.15, 0.2) is 0 Å². The number of aryl methyl sites for hydroxylation is 1. The third-order valence-electron chi connectivity index (χ3n) is 4.27. The van der Waals surface area contributed by atoms with Gasteiger partial charge in [0, 0.05) is 42.8 Å². The molecular formula is C20H18ClN5. The van der Waals surface area contributed by atoms with Gasteiger partial charge in [-0.25, -0.2) is 9.97 Å². The molecule has 0 aliphatic rings. The molecule has 4 rings (SSSR count). The molecule has 0 aliphatic heterocycles. The third kappa shape index (κ3) is 3.68. The molecule has 3 aromatic heterocycles. The van der Waals surface area contributed by atoms with E-state index in [4.69, 9.17) is 11.6 Å². The van der Waals surface area contributed by atoms with E-state index in [-0.39, 0.29) is 0 Å². The van der Waals surface area contributed by atoms with Crippen LogP contribution in [0, 0.1) is 0 Å². The monoisotopic (exact) mass is 363 g/mol. The molecule has 0 fully saturated rings. The van der Waals surface area contributed by atoms with E-state index in [1.165, 1.54) is 5.69 Å². The van der Waals surface area contributed by atoms with Crippen molar-refractivity contribution in [1.29, 1.82) is 0 Å². The van der Waals surface area contributed by atoms with Crippen LogP contribution in [0.4, 0.5) is 0 Å². The van der Waals surface area contributed by atoms with Crippen molar-refractivity contribution in [1.82, 2.24) is 24.3 Å². The Hall–Kier alpha value is -2.92. The van der Waals surface area contributed by atoms with E-state index in [0.717, 1.165) is 29.8 Å². The van der Waals surface area contributed by atoms with E-state index in [1.54, 1.807) is 6.20 Å². The quantitative estimate of drug-likeness (QED) is 0.485. The van der Waals surface area contributed by atoms with Crippen LogP contribution in [0.15, 0.2) is 73.4 Å². The van der Waals surface area contributed by atoms with Crippen molar-refractivity contribution in [3.63, 3.8) is 0 Å². The number of pyridine rings is 1. The van der Waals surface area contributed by atoms with Crippen LogP contribution in [-0.2, 0) is 19.5 Å². The van der Waals surface area contributed by atoms with Gasteiger partial charge in [-0.05, 0) is 17.7 Å². The molecule has 0 aliphatic carbocycles.